The van der Waals surface area contributed by atoms with Crippen molar-refractivity contribution >= 4 is 11.7 Å². The predicted molar refractivity (Wildman–Crippen MR) is 72.3 cm³/mol. The summed E-state index contributed by atoms with van der Waals surface area (Å²) in [4.78, 5) is 25.2. The van der Waals surface area contributed by atoms with Crippen LogP contribution in [-0.4, -0.2) is 42.8 Å². The number of nitrogens with zero attached hydrogens (tertiary/aromatic N) is 1. The summed E-state index contributed by atoms with van der Waals surface area (Å²) in [6.07, 6.45) is 3.01. The molecule has 0 aromatic rings. The summed E-state index contributed by atoms with van der Waals surface area (Å²) >= 11 is 0. The summed E-state index contributed by atoms with van der Waals surface area (Å²) in [6.45, 7) is 8.80. The number of hydrogen-bond donors (Lipinski definition) is 1. The van der Waals surface area contributed by atoms with Gasteiger partial charge >= 0.3 is 0 Å². The second-order valence-corrected chi connectivity index (χ2v) is 5.72. The van der Waals surface area contributed by atoms with Gasteiger partial charge < -0.3 is 5.32 Å². The minimum Gasteiger partial charge on any atom is -0.355 e. The van der Waals surface area contributed by atoms with Gasteiger partial charge in [0.05, 0.1) is 6.54 Å². The van der Waals surface area contributed by atoms with Gasteiger partial charge in [-0.25, -0.2) is 0 Å². The van der Waals surface area contributed by atoms with E-state index >= 15 is 0 Å². The molecule has 1 heterocycles. The highest BCUT2D eigenvalue weighted by Crippen LogP contribution is 2.16. The Morgan fingerprint density at radius 1 is 1.39 bits per heavy atom. The standard InChI is InChI=1S/C14H26N2O2/c1-11(2)6-7-15-14(18)10-16-8-4-5-13(9-16)12(3)17/h11,13H,4-10H2,1-3H3,(H,15,18). The summed E-state index contributed by atoms with van der Waals surface area (Å²) in [6, 6.07) is 0. The molecule has 18 heavy (non-hydrogen) atoms. The molecule has 1 unspecified atom stereocenters. The topological polar surface area (TPSA) is 49.4 Å². The number of piperidine rings is 1. The second-order valence-electron chi connectivity index (χ2n) is 5.72. The molecule has 0 radical (unpaired) electrons. The van der Waals surface area contributed by atoms with E-state index in [1.807, 2.05) is 0 Å². The third kappa shape index (κ3) is 5.63. The van der Waals surface area contributed by atoms with E-state index in [0.717, 1.165) is 38.9 Å². The van der Waals surface area contributed by atoms with Crippen LogP contribution in [0.15, 0.2) is 0 Å². The van der Waals surface area contributed by atoms with Crippen LogP contribution >= 0.6 is 0 Å². The molecule has 4 nitrogen and oxygen atoms in total. The average Bonchev–Trinajstić information content (AvgIpc) is 2.28. The van der Waals surface area contributed by atoms with Crippen molar-refractivity contribution < 1.29 is 9.59 Å². The van der Waals surface area contributed by atoms with E-state index in [-0.39, 0.29) is 17.6 Å². The molecule has 4 heteroatoms. The molecule has 1 aliphatic heterocycles. The van der Waals surface area contributed by atoms with Crippen molar-refractivity contribution in [1.29, 1.82) is 0 Å². The van der Waals surface area contributed by atoms with Crippen molar-refractivity contribution in [3.63, 3.8) is 0 Å². The molecule has 0 spiro atoms. The van der Waals surface area contributed by atoms with Crippen molar-refractivity contribution in [3.05, 3.63) is 0 Å². The van der Waals surface area contributed by atoms with Gasteiger partial charge in [0.1, 0.15) is 5.78 Å². The Morgan fingerprint density at radius 3 is 2.72 bits per heavy atom. The van der Waals surface area contributed by atoms with E-state index in [1.54, 1.807) is 6.92 Å². The van der Waals surface area contributed by atoms with Crippen LogP contribution in [0.3, 0.4) is 0 Å². The Labute approximate surface area is 110 Å². The Kier molecular flexibility index (Phi) is 6.33. The number of hydrogen-bond acceptors (Lipinski definition) is 3. The second kappa shape index (κ2) is 7.52. The maximum Gasteiger partial charge on any atom is 0.234 e. The molecule has 1 fully saturated rings. The number of rotatable bonds is 6. The van der Waals surface area contributed by atoms with Gasteiger partial charge in [-0.05, 0) is 38.6 Å². The van der Waals surface area contributed by atoms with Crippen LogP contribution in [0.1, 0.15) is 40.0 Å². The van der Waals surface area contributed by atoms with Gasteiger partial charge in [0.2, 0.25) is 5.91 Å². The molecule has 1 aliphatic rings. The van der Waals surface area contributed by atoms with Gasteiger partial charge in [-0.15, -0.1) is 0 Å². The Bertz CT molecular complexity index is 290. The SMILES string of the molecule is CC(=O)C1CCCN(CC(=O)NCCC(C)C)C1. The van der Waals surface area contributed by atoms with Crippen molar-refractivity contribution in [2.24, 2.45) is 11.8 Å². The van der Waals surface area contributed by atoms with Crippen molar-refractivity contribution in [3.8, 4) is 0 Å². The molecule has 1 N–H and O–H groups in total. The molecule has 0 saturated carbocycles. The zero-order valence-electron chi connectivity index (χ0n) is 11.9. The molecule has 1 rings (SSSR count). The minimum atomic E-state index is 0.0832. The zero-order valence-corrected chi connectivity index (χ0v) is 11.9. The molecular weight excluding hydrogens is 228 g/mol. The third-order valence-corrected chi connectivity index (χ3v) is 3.49. The van der Waals surface area contributed by atoms with Crippen LogP contribution < -0.4 is 5.32 Å². The average molecular weight is 254 g/mol. The lowest BCUT2D eigenvalue weighted by Gasteiger charge is -2.30. The number of carbonyl (C=O) groups excluding carboxylic acids is 2. The van der Waals surface area contributed by atoms with Gasteiger partial charge in [0.25, 0.3) is 0 Å². The highest BCUT2D eigenvalue weighted by atomic mass is 16.2. The molecule has 0 aromatic heterocycles. The minimum absolute atomic E-state index is 0.0832. The molecule has 1 amide bonds. The number of nitrogens with one attached hydrogen (secondary N) is 1. The number of ketones is 1. The number of Topliss-reactive ketones (excluding diaryl/α,β-unsaturated/α-hetero) is 1. The van der Waals surface area contributed by atoms with Gasteiger partial charge in [0, 0.05) is 19.0 Å². The number of likely N-dealkylation sites (tertiary alicyclic amines) is 1. The first-order chi connectivity index (χ1) is 8.49. The van der Waals surface area contributed by atoms with Crippen LogP contribution in [0, 0.1) is 11.8 Å². The fourth-order valence-electron chi connectivity index (χ4n) is 2.29. The summed E-state index contributed by atoms with van der Waals surface area (Å²) in [7, 11) is 0. The van der Waals surface area contributed by atoms with E-state index < -0.39 is 0 Å². The van der Waals surface area contributed by atoms with Crippen molar-refractivity contribution in [1.82, 2.24) is 10.2 Å². The van der Waals surface area contributed by atoms with Crippen LogP contribution in [0.25, 0.3) is 0 Å². The summed E-state index contributed by atoms with van der Waals surface area (Å²) in [5.41, 5.74) is 0. The zero-order chi connectivity index (χ0) is 13.5. The fraction of sp³-hybridized carbons (Fsp3) is 0.857. The molecule has 0 aromatic carbocycles. The van der Waals surface area contributed by atoms with Crippen LogP contribution in [0.5, 0.6) is 0 Å². The highest BCUT2D eigenvalue weighted by Gasteiger charge is 2.24. The maximum atomic E-state index is 11.7. The fourth-order valence-corrected chi connectivity index (χ4v) is 2.29. The van der Waals surface area contributed by atoms with Gasteiger partial charge in [-0.1, -0.05) is 13.8 Å². The van der Waals surface area contributed by atoms with E-state index in [0.29, 0.717) is 12.5 Å². The maximum absolute atomic E-state index is 11.7. The van der Waals surface area contributed by atoms with E-state index in [2.05, 4.69) is 24.1 Å². The van der Waals surface area contributed by atoms with Crippen molar-refractivity contribution in [2.75, 3.05) is 26.2 Å². The van der Waals surface area contributed by atoms with E-state index in [1.165, 1.54) is 0 Å². The summed E-state index contributed by atoms with van der Waals surface area (Å²) < 4.78 is 0. The lowest BCUT2D eigenvalue weighted by atomic mass is 9.95. The summed E-state index contributed by atoms with van der Waals surface area (Å²) in [5, 5.41) is 2.94. The predicted octanol–water partition coefficient (Wildman–Crippen LogP) is 1.45. The van der Waals surface area contributed by atoms with Gasteiger partial charge in [-0.3, -0.25) is 14.5 Å². The highest BCUT2D eigenvalue weighted by molar-refractivity contribution is 5.79. The van der Waals surface area contributed by atoms with Crippen LogP contribution in [-0.2, 0) is 9.59 Å². The Hall–Kier alpha value is -0.900. The molecule has 0 bridgehead atoms. The van der Waals surface area contributed by atoms with Crippen LogP contribution in [0.2, 0.25) is 0 Å². The van der Waals surface area contributed by atoms with E-state index in [4.69, 9.17) is 0 Å². The first kappa shape index (κ1) is 15.2. The van der Waals surface area contributed by atoms with E-state index in [9.17, 15) is 9.59 Å². The molecule has 104 valence electrons. The normalized spacial score (nSPS) is 21.0. The molecular formula is C14H26N2O2. The lowest BCUT2D eigenvalue weighted by molar-refractivity contribution is -0.126. The molecule has 0 aliphatic carbocycles. The van der Waals surface area contributed by atoms with Gasteiger partial charge in [0.15, 0.2) is 0 Å². The third-order valence-electron chi connectivity index (χ3n) is 3.49. The molecule has 1 atom stereocenters. The monoisotopic (exact) mass is 254 g/mol. The lowest BCUT2D eigenvalue weighted by Crippen LogP contribution is -2.44. The molecule has 1 saturated heterocycles. The smallest absolute Gasteiger partial charge is 0.234 e. The van der Waals surface area contributed by atoms with Crippen molar-refractivity contribution in [2.45, 2.75) is 40.0 Å². The number of amides is 1. The number of carbonyl (C=O) groups is 2. The quantitative estimate of drug-likeness (QED) is 0.780. The summed E-state index contributed by atoms with van der Waals surface area (Å²) in [5.74, 6) is 1.07. The Morgan fingerprint density at radius 2 is 2.11 bits per heavy atom. The van der Waals surface area contributed by atoms with Crippen LogP contribution in [0.4, 0.5) is 0 Å². The largest absolute Gasteiger partial charge is 0.355 e. The Balaban J connectivity index is 2.24. The first-order valence-corrected chi connectivity index (χ1v) is 6.98. The first-order valence-electron chi connectivity index (χ1n) is 6.98. The van der Waals surface area contributed by atoms with Gasteiger partial charge in [-0.2, -0.15) is 0 Å².